The van der Waals surface area contributed by atoms with Gasteiger partial charge < -0.3 is 15.0 Å². The van der Waals surface area contributed by atoms with Crippen LogP contribution in [-0.2, 0) is 11.2 Å². The summed E-state index contributed by atoms with van der Waals surface area (Å²) in [6.45, 7) is 5.10. The molecule has 1 aromatic rings. The summed E-state index contributed by atoms with van der Waals surface area (Å²) in [6, 6.07) is 1.43. The number of alkyl halides is 3. The van der Waals surface area contributed by atoms with Crippen LogP contribution in [0.1, 0.15) is 27.0 Å². The topological polar surface area (TPSA) is 58.6 Å². The summed E-state index contributed by atoms with van der Waals surface area (Å²) in [4.78, 5) is 25.8. The number of aryl methyl sites for hydroxylation is 2. The number of fused-ring (bicyclic) bond motifs is 2. The third-order valence-electron chi connectivity index (χ3n) is 4.45. The van der Waals surface area contributed by atoms with Gasteiger partial charge in [-0.3, -0.25) is 4.79 Å². The monoisotopic (exact) mass is 342 g/mol. The van der Waals surface area contributed by atoms with Crippen molar-refractivity contribution in [1.82, 2.24) is 10.2 Å². The number of amides is 1. The first-order valence-corrected chi connectivity index (χ1v) is 7.64. The summed E-state index contributed by atoms with van der Waals surface area (Å²) in [7, 11) is 0. The van der Waals surface area contributed by atoms with Crippen LogP contribution in [0.15, 0.2) is 6.07 Å². The number of hydrogen-bond donors (Lipinski definition) is 1. The predicted molar refractivity (Wildman–Crippen MR) is 79.0 cm³/mol. The molecule has 1 saturated heterocycles. The summed E-state index contributed by atoms with van der Waals surface area (Å²) >= 11 is 0. The lowest BCUT2D eigenvalue weighted by Gasteiger charge is -2.41. The maximum absolute atomic E-state index is 12.8. The Morgan fingerprint density at radius 1 is 1.33 bits per heavy atom. The van der Waals surface area contributed by atoms with Gasteiger partial charge in [-0.05, 0) is 31.4 Å². The van der Waals surface area contributed by atoms with E-state index in [9.17, 15) is 22.8 Å². The molecule has 0 radical (unpaired) electrons. The van der Waals surface area contributed by atoms with E-state index in [0.717, 1.165) is 0 Å². The van der Waals surface area contributed by atoms with Crippen molar-refractivity contribution < 1.29 is 27.5 Å². The van der Waals surface area contributed by atoms with Crippen LogP contribution in [-0.4, -0.2) is 48.6 Å². The highest BCUT2D eigenvalue weighted by Crippen LogP contribution is 2.37. The fourth-order valence-corrected chi connectivity index (χ4v) is 3.43. The Balaban J connectivity index is 2.08. The van der Waals surface area contributed by atoms with Crippen molar-refractivity contribution in [3.8, 4) is 5.75 Å². The Kier molecular flexibility index (Phi) is 4.03. The molecule has 0 unspecified atom stereocenters. The van der Waals surface area contributed by atoms with Crippen LogP contribution in [0.3, 0.4) is 0 Å². The lowest BCUT2D eigenvalue weighted by molar-refractivity contribution is -0.189. The number of benzene rings is 1. The first-order valence-electron chi connectivity index (χ1n) is 7.64. The molecule has 0 aliphatic carbocycles. The van der Waals surface area contributed by atoms with Crippen LogP contribution in [0, 0.1) is 13.8 Å². The van der Waals surface area contributed by atoms with Crippen molar-refractivity contribution in [2.45, 2.75) is 32.5 Å². The Bertz CT molecular complexity index is 715. The largest absolute Gasteiger partial charge is 0.491 e. The van der Waals surface area contributed by atoms with Crippen LogP contribution in [0.25, 0.3) is 0 Å². The van der Waals surface area contributed by atoms with Crippen LogP contribution in [0.2, 0.25) is 0 Å². The van der Waals surface area contributed by atoms with E-state index in [-0.39, 0.29) is 17.7 Å². The Labute approximate surface area is 136 Å². The molecule has 24 heavy (non-hydrogen) atoms. The zero-order valence-electron chi connectivity index (χ0n) is 13.3. The van der Waals surface area contributed by atoms with Gasteiger partial charge in [0.15, 0.2) is 0 Å². The third kappa shape index (κ3) is 2.75. The molecule has 1 atom stereocenters. The number of rotatable bonds is 1. The summed E-state index contributed by atoms with van der Waals surface area (Å²) in [5.41, 5.74) is 1.83. The second kappa shape index (κ2) is 5.77. The van der Waals surface area contributed by atoms with Gasteiger partial charge in [-0.25, -0.2) is 4.79 Å². The molecule has 1 aromatic carbocycles. The minimum Gasteiger partial charge on any atom is -0.419 e. The summed E-state index contributed by atoms with van der Waals surface area (Å²) in [6.07, 6.45) is -4.72. The van der Waals surface area contributed by atoms with E-state index < -0.39 is 12.1 Å². The molecule has 0 bridgehead atoms. The summed E-state index contributed by atoms with van der Waals surface area (Å²) in [5, 5.41) is 3.17. The highest BCUT2D eigenvalue weighted by molar-refractivity contribution is 6.00. The van der Waals surface area contributed by atoms with Gasteiger partial charge in [-0.1, -0.05) is 6.07 Å². The zero-order valence-corrected chi connectivity index (χ0v) is 13.3. The SMILES string of the molecule is Cc1cc(C)c2c(c1OC(=O)C(F)(F)F)C[C@@H]1CNCCN1C2=O. The maximum Gasteiger partial charge on any atom is 0.491 e. The number of nitrogens with one attached hydrogen (secondary N) is 1. The number of ether oxygens (including phenoxy) is 1. The van der Waals surface area contributed by atoms with Crippen molar-refractivity contribution in [2.75, 3.05) is 19.6 Å². The van der Waals surface area contributed by atoms with E-state index >= 15 is 0 Å². The molecule has 1 amide bonds. The molecular weight excluding hydrogens is 325 g/mol. The molecule has 0 spiro atoms. The average Bonchev–Trinajstić information content (AvgIpc) is 2.50. The molecule has 2 aliphatic heterocycles. The van der Waals surface area contributed by atoms with Gasteiger partial charge in [-0.15, -0.1) is 0 Å². The second-order valence-corrected chi connectivity index (χ2v) is 6.14. The molecule has 130 valence electrons. The Morgan fingerprint density at radius 3 is 2.71 bits per heavy atom. The number of carbonyl (C=O) groups is 2. The van der Waals surface area contributed by atoms with Crippen molar-refractivity contribution in [3.05, 3.63) is 28.3 Å². The number of hydrogen-bond acceptors (Lipinski definition) is 4. The quantitative estimate of drug-likeness (QED) is 0.624. The van der Waals surface area contributed by atoms with Gasteiger partial charge in [0.2, 0.25) is 0 Å². The van der Waals surface area contributed by atoms with Crippen LogP contribution in [0.5, 0.6) is 5.75 Å². The molecule has 2 aliphatic rings. The minimum atomic E-state index is -5.08. The summed E-state index contributed by atoms with van der Waals surface area (Å²) in [5.74, 6) is -2.63. The highest BCUT2D eigenvalue weighted by atomic mass is 19.4. The van der Waals surface area contributed by atoms with Crippen LogP contribution >= 0.6 is 0 Å². The van der Waals surface area contributed by atoms with E-state index in [4.69, 9.17) is 0 Å². The maximum atomic E-state index is 12.8. The number of nitrogens with zero attached hydrogens (tertiary/aromatic N) is 1. The van der Waals surface area contributed by atoms with Gasteiger partial charge in [0.1, 0.15) is 5.75 Å². The number of halogens is 3. The lowest BCUT2D eigenvalue weighted by Crippen LogP contribution is -2.57. The van der Waals surface area contributed by atoms with Gasteiger partial charge in [-0.2, -0.15) is 13.2 Å². The van der Waals surface area contributed by atoms with E-state index in [1.165, 1.54) is 0 Å². The normalized spacial score (nSPS) is 20.5. The Morgan fingerprint density at radius 2 is 2.04 bits per heavy atom. The molecule has 0 saturated carbocycles. The molecule has 2 heterocycles. The molecule has 3 rings (SSSR count). The lowest BCUT2D eigenvalue weighted by atomic mass is 9.87. The Hall–Kier alpha value is -2.09. The third-order valence-corrected chi connectivity index (χ3v) is 4.45. The minimum absolute atomic E-state index is 0.142. The van der Waals surface area contributed by atoms with E-state index in [1.54, 1.807) is 24.8 Å². The highest BCUT2D eigenvalue weighted by Gasteiger charge is 2.43. The fraction of sp³-hybridized carbons (Fsp3) is 0.500. The standard InChI is InChI=1S/C16H17F3N2O3/c1-8-5-9(2)13(24-15(23)16(17,18)19)11-6-10-7-20-3-4-21(10)14(22)12(8)11/h5,10,20H,3-4,6-7H2,1-2H3/t10-/m1/s1. The van der Waals surface area contributed by atoms with Crippen LogP contribution < -0.4 is 10.1 Å². The van der Waals surface area contributed by atoms with Crippen molar-refractivity contribution >= 4 is 11.9 Å². The number of piperazine rings is 1. The molecule has 5 nitrogen and oxygen atoms in total. The first-order chi connectivity index (χ1) is 11.2. The zero-order chi connectivity index (χ0) is 17.6. The number of carbonyl (C=O) groups excluding carboxylic acids is 2. The van der Waals surface area contributed by atoms with Gasteiger partial charge in [0.05, 0.1) is 0 Å². The average molecular weight is 342 g/mol. The molecule has 1 fully saturated rings. The first kappa shape index (κ1) is 16.8. The van der Waals surface area contributed by atoms with Crippen LogP contribution in [0.4, 0.5) is 13.2 Å². The number of esters is 1. The predicted octanol–water partition coefficient (Wildman–Crippen LogP) is 1.74. The fourth-order valence-electron chi connectivity index (χ4n) is 3.43. The van der Waals surface area contributed by atoms with Gasteiger partial charge >= 0.3 is 12.1 Å². The summed E-state index contributed by atoms with van der Waals surface area (Å²) < 4.78 is 42.3. The molecule has 8 heteroatoms. The van der Waals surface area contributed by atoms with E-state index in [2.05, 4.69) is 10.1 Å². The molecule has 1 N–H and O–H groups in total. The van der Waals surface area contributed by atoms with Gasteiger partial charge in [0.25, 0.3) is 5.91 Å². The van der Waals surface area contributed by atoms with Gasteiger partial charge in [0, 0.05) is 36.8 Å². The van der Waals surface area contributed by atoms with E-state index in [1.807, 2.05) is 0 Å². The molecular formula is C16H17F3N2O3. The smallest absolute Gasteiger partial charge is 0.419 e. The molecule has 0 aromatic heterocycles. The van der Waals surface area contributed by atoms with E-state index in [0.29, 0.717) is 48.3 Å². The van der Waals surface area contributed by atoms with Crippen molar-refractivity contribution in [3.63, 3.8) is 0 Å². The second-order valence-electron chi connectivity index (χ2n) is 6.14. The van der Waals surface area contributed by atoms with Crippen molar-refractivity contribution in [1.29, 1.82) is 0 Å². The van der Waals surface area contributed by atoms with Crippen molar-refractivity contribution in [2.24, 2.45) is 0 Å².